The van der Waals surface area contributed by atoms with Crippen molar-refractivity contribution in [2.24, 2.45) is 0 Å². The van der Waals surface area contributed by atoms with Crippen LogP contribution >= 0.6 is 0 Å². The van der Waals surface area contributed by atoms with Crippen molar-refractivity contribution >= 4 is 0 Å². The number of ether oxygens (including phenoxy) is 1. The van der Waals surface area contributed by atoms with Crippen molar-refractivity contribution in [3.63, 3.8) is 0 Å². The Balaban J connectivity index is 2.02. The van der Waals surface area contributed by atoms with Crippen LogP contribution in [0.5, 0.6) is 0 Å². The minimum atomic E-state index is 0.145. The fourth-order valence-corrected chi connectivity index (χ4v) is 3.26. The van der Waals surface area contributed by atoms with Crippen LogP contribution in [0.2, 0.25) is 0 Å². The lowest BCUT2D eigenvalue weighted by molar-refractivity contribution is -0.0830. The van der Waals surface area contributed by atoms with Crippen molar-refractivity contribution in [3.8, 4) is 0 Å². The van der Waals surface area contributed by atoms with Gasteiger partial charge >= 0.3 is 0 Å². The smallest absolute Gasteiger partial charge is 0.0693 e. The fourth-order valence-electron chi connectivity index (χ4n) is 3.26. The average Bonchev–Trinajstić information content (AvgIpc) is 2.31. The first kappa shape index (κ1) is 14.5. The highest BCUT2D eigenvalue weighted by Gasteiger charge is 2.38. The lowest BCUT2D eigenvalue weighted by atomic mass is 9.75. The molecule has 1 aliphatic carbocycles. The Morgan fingerprint density at radius 1 is 1.21 bits per heavy atom. The van der Waals surface area contributed by atoms with Crippen molar-refractivity contribution in [2.45, 2.75) is 57.6 Å². The summed E-state index contributed by atoms with van der Waals surface area (Å²) in [6, 6.07) is 7.34. The third-order valence-electron chi connectivity index (χ3n) is 4.49. The van der Waals surface area contributed by atoms with Gasteiger partial charge in [-0.3, -0.25) is 0 Å². The van der Waals surface area contributed by atoms with E-state index in [1.54, 1.807) is 0 Å². The van der Waals surface area contributed by atoms with Gasteiger partial charge in [0.2, 0.25) is 0 Å². The highest BCUT2D eigenvalue weighted by molar-refractivity contribution is 5.29. The molecule has 1 aliphatic rings. The third-order valence-corrected chi connectivity index (χ3v) is 4.49. The predicted octanol–water partition coefficient (Wildman–Crippen LogP) is 3.39. The minimum absolute atomic E-state index is 0.145. The van der Waals surface area contributed by atoms with Crippen LogP contribution in [0.25, 0.3) is 0 Å². The number of hydrogen-bond donors (Lipinski definition) is 1. The van der Waals surface area contributed by atoms with Gasteiger partial charge in [-0.05, 0) is 58.6 Å². The molecule has 0 aromatic heterocycles. The summed E-state index contributed by atoms with van der Waals surface area (Å²) in [7, 11) is 3.93. The SMILES string of the molecule is CNC(Cc1cc(C)cc(C)c1)CC1(OC)CCC1. The number of aryl methyl sites for hydroxylation is 2. The van der Waals surface area contributed by atoms with E-state index in [0.29, 0.717) is 6.04 Å². The molecular weight excluding hydrogens is 234 g/mol. The Labute approximate surface area is 117 Å². The first-order valence-electron chi connectivity index (χ1n) is 7.36. The van der Waals surface area contributed by atoms with Crippen molar-refractivity contribution in [2.75, 3.05) is 14.2 Å². The molecule has 0 heterocycles. The highest BCUT2D eigenvalue weighted by atomic mass is 16.5. The second kappa shape index (κ2) is 6.06. The van der Waals surface area contributed by atoms with Gasteiger partial charge in [0.1, 0.15) is 0 Å². The summed E-state index contributed by atoms with van der Waals surface area (Å²) in [6.07, 6.45) is 5.95. The summed E-state index contributed by atoms with van der Waals surface area (Å²) in [6.45, 7) is 4.35. The molecule has 1 aromatic carbocycles. The second-order valence-corrected chi connectivity index (χ2v) is 6.13. The van der Waals surface area contributed by atoms with Crippen LogP contribution in [0.4, 0.5) is 0 Å². The van der Waals surface area contributed by atoms with Gasteiger partial charge in [0.25, 0.3) is 0 Å². The first-order chi connectivity index (χ1) is 9.07. The molecule has 1 fully saturated rings. The molecule has 2 heteroatoms. The Hall–Kier alpha value is -0.860. The summed E-state index contributed by atoms with van der Waals surface area (Å²) in [5.74, 6) is 0. The van der Waals surface area contributed by atoms with Gasteiger partial charge in [-0.1, -0.05) is 29.3 Å². The summed E-state index contributed by atoms with van der Waals surface area (Å²) < 4.78 is 5.75. The fraction of sp³-hybridized carbons (Fsp3) is 0.647. The van der Waals surface area contributed by atoms with Crippen LogP contribution in [0, 0.1) is 13.8 Å². The summed E-state index contributed by atoms with van der Waals surface area (Å²) in [5.41, 5.74) is 4.29. The average molecular weight is 261 g/mol. The van der Waals surface area contributed by atoms with Crippen LogP contribution in [-0.4, -0.2) is 25.8 Å². The zero-order valence-electron chi connectivity index (χ0n) is 12.8. The molecule has 0 aliphatic heterocycles. The Kier molecular flexibility index (Phi) is 4.64. The number of hydrogen-bond acceptors (Lipinski definition) is 2. The summed E-state index contributed by atoms with van der Waals surface area (Å²) >= 11 is 0. The van der Waals surface area contributed by atoms with E-state index in [9.17, 15) is 0 Å². The van der Waals surface area contributed by atoms with Gasteiger partial charge in [0, 0.05) is 13.2 Å². The Morgan fingerprint density at radius 3 is 2.26 bits per heavy atom. The van der Waals surface area contributed by atoms with Gasteiger partial charge in [0.15, 0.2) is 0 Å². The molecule has 1 saturated carbocycles. The molecule has 19 heavy (non-hydrogen) atoms. The van der Waals surface area contributed by atoms with E-state index >= 15 is 0 Å². The lowest BCUT2D eigenvalue weighted by Crippen LogP contribution is -2.45. The molecule has 106 valence electrons. The summed E-state index contributed by atoms with van der Waals surface area (Å²) in [4.78, 5) is 0. The normalized spacial score (nSPS) is 18.9. The highest BCUT2D eigenvalue weighted by Crippen LogP contribution is 2.39. The molecule has 0 saturated heterocycles. The van der Waals surface area contributed by atoms with E-state index in [1.165, 1.54) is 36.0 Å². The van der Waals surface area contributed by atoms with Gasteiger partial charge < -0.3 is 10.1 Å². The van der Waals surface area contributed by atoms with Crippen molar-refractivity contribution in [3.05, 3.63) is 34.9 Å². The lowest BCUT2D eigenvalue weighted by Gasteiger charge is -2.42. The quantitative estimate of drug-likeness (QED) is 0.847. The van der Waals surface area contributed by atoms with Crippen molar-refractivity contribution < 1.29 is 4.74 Å². The van der Waals surface area contributed by atoms with Gasteiger partial charge in [-0.2, -0.15) is 0 Å². The van der Waals surface area contributed by atoms with E-state index in [0.717, 1.165) is 12.8 Å². The van der Waals surface area contributed by atoms with E-state index in [1.807, 2.05) is 7.11 Å². The topological polar surface area (TPSA) is 21.3 Å². The number of rotatable bonds is 6. The van der Waals surface area contributed by atoms with Crippen LogP contribution in [-0.2, 0) is 11.2 Å². The van der Waals surface area contributed by atoms with Crippen LogP contribution in [0.1, 0.15) is 42.4 Å². The molecule has 0 spiro atoms. The molecule has 1 N–H and O–H groups in total. The molecule has 1 unspecified atom stereocenters. The van der Waals surface area contributed by atoms with Gasteiger partial charge in [0.05, 0.1) is 5.60 Å². The number of benzene rings is 1. The molecule has 1 aromatic rings. The van der Waals surface area contributed by atoms with E-state index in [2.05, 4.69) is 44.4 Å². The number of nitrogens with one attached hydrogen (secondary N) is 1. The Morgan fingerprint density at radius 2 is 1.84 bits per heavy atom. The molecule has 1 atom stereocenters. The maximum Gasteiger partial charge on any atom is 0.0693 e. The zero-order chi connectivity index (χ0) is 13.9. The standard InChI is InChI=1S/C17H27NO/c1-13-8-14(2)10-15(9-13)11-16(18-3)12-17(19-4)6-5-7-17/h8-10,16,18H,5-7,11-12H2,1-4H3. The first-order valence-corrected chi connectivity index (χ1v) is 7.36. The minimum Gasteiger partial charge on any atom is -0.378 e. The summed E-state index contributed by atoms with van der Waals surface area (Å²) in [5, 5.41) is 3.47. The molecule has 2 rings (SSSR count). The molecule has 0 amide bonds. The number of methoxy groups -OCH3 is 1. The molecule has 2 nitrogen and oxygen atoms in total. The van der Waals surface area contributed by atoms with Crippen LogP contribution in [0.15, 0.2) is 18.2 Å². The Bertz CT molecular complexity index is 398. The second-order valence-electron chi connectivity index (χ2n) is 6.13. The van der Waals surface area contributed by atoms with Gasteiger partial charge in [-0.15, -0.1) is 0 Å². The van der Waals surface area contributed by atoms with Crippen LogP contribution < -0.4 is 5.32 Å². The van der Waals surface area contributed by atoms with E-state index in [4.69, 9.17) is 4.74 Å². The maximum atomic E-state index is 5.75. The van der Waals surface area contributed by atoms with Crippen LogP contribution in [0.3, 0.4) is 0 Å². The largest absolute Gasteiger partial charge is 0.378 e. The third kappa shape index (κ3) is 3.58. The maximum absolute atomic E-state index is 5.75. The van der Waals surface area contributed by atoms with Crippen molar-refractivity contribution in [1.82, 2.24) is 5.32 Å². The predicted molar refractivity (Wildman–Crippen MR) is 80.7 cm³/mol. The zero-order valence-corrected chi connectivity index (χ0v) is 12.8. The number of likely N-dealkylation sites (N-methyl/N-ethyl adjacent to an activating group) is 1. The monoisotopic (exact) mass is 261 g/mol. The molecular formula is C17H27NO. The molecule has 0 radical (unpaired) electrons. The van der Waals surface area contributed by atoms with E-state index < -0.39 is 0 Å². The van der Waals surface area contributed by atoms with Gasteiger partial charge in [-0.25, -0.2) is 0 Å². The van der Waals surface area contributed by atoms with Crippen molar-refractivity contribution in [1.29, 1.82) is 0 Å². The van der Waals surface area contributed by atoms with E-state index in [-0.39, 0.29) is 5.60 Å². The molecule has 0 bridgehead atoms.